The number of thioether (sulfide) groups is 1. The Kier molecular flexibility index (Phi) is 3.88. The Morgan fingerprint density at radius 1 is 1.75 bits per heavy atom. The second kappa shape index (κ2) is 4.72. The first-order valence-corrected chi connectivity index (χ1v) is 5.45. The molecule has 0 aromatic rings. The second-order valence-corrected chi connectivity index (χ2v) is 4.07. The largest absolute Gasteiger partial charge is 0.347 e. The van der Waals surface area contributed by atoms with E-state index >= 15 is 0 Å². The fraction of sp³-hybridized carbons (Fsp3) is 0.875. The summed E-state index contributed by atoms with van der Waals surface area (Å²) in [5, 5.41) is 2.98. The Balaban J connectivity index is 2.11. The standard InChI is InChI=1S/C8H16N2OS/c1-10-4-3-7(6-10)5-9-8(11)12-2/h7H,3-6H2,1-2H3,(H,9,11). The molecule has 0 bridgehead atoms. The molecule has 1 unspecified atom stereocenters. The van der Waals surface area contributed by atoms with E-state index in [0.717, 1.165) is 13.1 Å². The third kappa shape index (κ3) is 3.03. The highest BCUT2D eigenvalue weighted by Gasteiger charge is 2.19. The smallest absolute Gasteiger partial charge is 0.278 e. The van der Waals surface area contributed by atoms with Crippen LogP contribution in [0.4, 0.5) is 4.79 Å². The Labute approximate surface area is 77.9 Å². The van der Waals surface area contributed by atoms with Crippen molar-refractivity contribution in [2.75, 3.05) is 32.9 Å². The van der Waals surface area contributed by atoms with Gasteiger partial charge in [-0.05, 0) is 32.2 Å². The zero-order valence-electron chi connectivity index (χ0n) is 7.67. The molecular formula is C8H16N2OS. The molecule has 1 saturated heterocycles. The van der Waals surface area contributed by atoms with Crippen LogP contribution in [0.1, 0.15) is 6.42 Å². The van der Waals surface area contributed by atoms with Crippen LogP contribution in [-0.2, 0) is 0 Å². The minimum absolute atomic E-state index is 0.0875. The number of nitrogens with zero attached hydrogens (tertiary/aromatic N) is 1. The zero-order chi connectivity index (χ0) is 8.97. The van der Waals surface area contributed by atoms with Gasteiger partial charge in [-0.3, -0.25) is 4.79 Å². The monoisotopic (exact) mass is 188 g/mol. The Morgan fingerprint density at radius 3 is 3.00 bits per heavy atom. The van der Waals surface area contributed by atoms with Crippen LogP contribution in [0.5, 0.6) is 0 Å². The van der Waals surface area contributed by atoms with Crippen LogP contribution < -0.4 is 5.32 Å². The van der Waals surface area contributed by atoms with Crippen molar-refractivity contribution in [1.29, 1.82) is 0 Å². The van der Waals surface area contributed by atoms with Crippen molar-refractivity contribution in [3.05, 3.63) is 0 Å². The second-order valence-electron chi connectivity index (χ2n) is 3.29. The van der Waals surface area contributed by atoms with Gasteiger partial charge in [0.1, 0.15) is 0 Å². The predicted octanol–water partition coefficient (Wildman–Crippen LogP) is 1.01. The Morgan fingerprint density at radius 2 is 2.50 bits per heavy atom. The molecule has 0 aromatic heterocycles. The highest BCUT2D eigenvalue weighted by Crippen LogP contribution is 2.13. The van der Waals surface area contributed by atoms with E-state index in [1.54, 1.807) is 6.26 Å². The van der Waals surface area contributed by atoms with E-state index in [0.29, 0.717) is 5.92 Å². The van der Waals surface area contributed by atoms with Crippen molar-refractivity contribution in [2.45, 2.75) is 6.42 Å². The lowest BCUT2D eigenvalue weighted by Crippen LogP contribution is -2.27. The molecule has 1 aliphatic rings. The Hall–Kier alpha value is -0.220. The summed E-state index contributed by atoms with van der Waals surface area (Å²) in [5.41, 5.74) is 0. The number of carbonyl (C=O) groups is 1. The van der Waals surface area contributed by atoms with Crippen LogP contribution in [0.3, 0.4) is 0 Å². The molecule has 70 valence electrons. The normalized spacial score (nSPS) is 24.3. The average Bonchev–Trinajstić information content (AvgIpc) is 2.47. The zero-order valence-corrected chi connectivity index (χ0v) is 8.49. The molecule has 1 aliphatic heterocycles. The molecule has 1 heterocycles. The number of amides is 1. The van der Waals surface area contributed by atoms with Gasteiger partial charge in [0.2, 0.25) is 0 Å². The lowest BCUT2D eigenvalue weighted by atomic mass is 10.1. The van der Waals surface area contributed by atoms with E-state index in [-0.39, 0.29) is 5.24 Å². The molecule has 1 rings (SSSR count). The van der Waals surface area contributed by atoms with E-state index < -0.39 is 0 Å². The lowest BCUT2D eigenvalue weighted by molar-refractivity contribution is 0.259. The number of hydrogen-bond donors (Lipinski definition) is 1. The molecule has 0 aliphatic carbocycles. The number of carbonyl (C=O) groups excluding carboxylic acids is 1. The van der Waals surface area contributed by atoms with E-state index in [2.05, 4.69) is 17.3 Å². The quantitative estimate of drug-likeness (QED) is 0.702. The maximum absolute atomic E-state index is 10.9. The molecule has 1 atom stereocenters. The van der Waals surface area contributed by atoms with Crippen molar-refractivity contribution in [2.24, 2.45) is 5.92 Å². The van der Waals surface area contributed by atoms with Gasteiger partial charge in [-0.15, -0.1) is 0 Å². The van der Waals surface area contributed by atoms with Gasteiger partial charge >= 0.3 is 0 Å². The number of hydrogen-bond acceptors (Lipinski definition) is 3. The first-order valence-electron chi connectivity index (χ1n) is 4.22. The summed E-state index contributed by atoms with van der Waals surface area (Å²) in [6.07, 6.45) is 3.02. The average molecular weight is 188 g/mol. The maximum Gasteiger partial charge on any atom is 0.278 e. The van der Waals surface area contributed by atoms with Crippen LogP contribution in [0, 0.1) is 5.92 Å². The topological polar surface area (TPSA) is 32.3 Å². The highest BCUT2D eigenvalue weighted by atomic mass is 32.2. The van der Waals surface area contributed by atoms with Crippen molar-refractivity contribution in [1.82, 2.24) is 10.2 Å². The van der Waals surface area contributed by atoms with Crippen molar-refractivity contribution >= 4 is 17.0 Å². The minimum atomic E-state index is 0.0875. The molecule has 0 spiro atoms. The summed E-state index contributed by atoms with van der Waals surface area (Å²) >= 11 is 1.25. The first kappa shape index (κ1) is 9.86. The number of rotatable bonds is 2. The molecule has 0 aromatic carbocycles. The van der Waals surface area contributed by atoms with Gasteiger partial charge in [-0.25, -0.2) is 0 Å². The summed E-state index contributed by atoms with van der Waals surface area (Å²) in [5.74, 6) is 0.658. The summed E-state index contributed by atoms with van der Waals surface area (Å²) in [7, 11) is 2.12. The van der Waals surface area contributed by atoms with Crippen LogP contribution in [0.2, 0.25) is 0 Å². The molecule has 4 heteroatoms. The van der Waals surface area contributed by atoms with E-state index in [9.17, 15) is 4.79 Å². The highest BCUT2D eigenvalue weighted by molar-refractivity contribution is 8.12. The summed E-state index contributed by atoms with van der Waals surface area (Å²) in [6.45, 7) is 3.12. The minimum Gasteiger partial charge on any atom is -0.347 e. The summed E-state index contributed by atoms with van der Waals surface area (Å²) < 4.78 is 0. The van der Waals surface area contributed by atoms with Crippen molar-refractivity contribution in [3.63, 3.8) is 0 Å². The molecule has 1 N–H and O–H groups in total. The summed E-state index contributed by atoms with van der Waals surface area (Å²) in [6, 6.07) is 0. The number of nitrogens with one attached hydrogen (secondary N) is 1. The SMILES string of the molecule is CSC(=O)NCC1CCN(C)C1. The first-order chi connectivity index (χ1) is 5.72. The predicted molar refractivity (Wildman–Crippen MR) is 52.5 cm³/mol. The molecular weight excluding hydrogens is 172 g/mol. The van der Waals surface area contributed by atoms with Gasteiger partial charge in [-0.2, -0.15) is 0 Å². The molecule has 0 saturated carbocycles. The fourth-order valence-corrected chi connectivity index (χ4v) is 1.72. The lowest BCUT2D eigenvalue weighted by Gasteiger charge is -2.10. The van der Waals surface area contributed by atoms with Crippen LogP contribution in [0.15, 0.2) is 0 Å². The van der Waals surface area contributed by atoms with Crippen LogP contribution in [0.25, 0.3) is 0 Å². The molecule has 12 heavy (non-hydrogen) atoms. The van der Waals surface area contributed by atoms with E-state index in [4.69, 9.17) is 0 Å². The molecule has 3 nitrogen and oxygen atoms in total. The van der Waals surface area contributed by atoms with Crippen molar-refractivity contribution < 1.29 is 4.79 Å². The third-order valence-electron chi connectivity index (χ3n) is 2.21. The van der Waals surface area contributed by atoms with Gasteiger partial charge in [-0.1, -0.05) is 11.8 Å². The van der Waals surface area contributed by atoms with E-state index in [1.165, 1.54) is 24.7 Å². The van der Waals surface area contributed by atoms with E-state index in [1.807, 2.05) is 0 Å². The van der Waals surface area contributed by atoms with Gasteiger partial charge in [0.05, 0.1) is 0 Å². The van der Waals surface area contributed by atoms with Crippen LogP contribution in [-0.4, -0.2) is 43.1 Å². The molecule has 1 amide bonds. The third-order valence-corrected chi connectivity index (χ3v) is 2.72. The van der Waals surface area contributed by atoms with Crippen LogP contribution >= 0.6 is 11.8 Å². The van der Waals surface area contributed by atoms with Crippen molar-refractivity contribution in [3.8, 4) is 0 Å². The van der Waals surface area contributed by atoms with Gasteiger partial charge in [0, 0.05) is 13.1 Å². The summed E-state index contributed by atoms with van der Waals surface area (Å²) in [4.78, 5) is 13.2. The van der Waals surface area contributed by atoms with Gasteiger partial charge < -0.3 is 10.2 Å². The number of likely N-dealkylation sites (tertiary alicyclic amines) is 1. The maximum atomic E-state index is 10.9. The molecule has 0 radical (unpaired) electrons. The molecule has 1 fully saturated rings. The van der Waals surface area contributed by atoms with Gasteiger partial charge in [0.25, 0.3) is 5.24 Å². The Bertz CT molecular complexity index is 163. The van der Waals surface area contributed by atoms with Gasteiger partial charge in [0.15, 0.2) is 0 Å². The fourth-order valence-electron chi connectivity index (χ4n) is 1.49.